The number of rotatable bonds is 7. The van der Waals surface area contributed by atoms with Crippen molar-refractivity contribution in [2.45, 2.75) is 13.0 Å². The van der Waals surface area contributed by atoms with Gasteiger partial charge in [-0.1, -0.05) is 39.5 Å². The lowest BCUT2D eigenvalue weighted by Crippen LogP contribution is -2.33. The van der Waals surface area contributed by atoms with Crippen LogP contribution in [0.15, 0.2) is 52.0 Å². The monoisotopic (exact) mass is 434 g/mol. The van der Waals surface area contributed by atoms with Crippen molar-refractivity contribution in [3.63, 3.8) is 0 Å². The molecule has 134 valence electrons. The number of hydrazone groups is 1. The summed E-state index contributed by atoms with van der Waals surface area (Å²) in [4.78, 5) is 12.1. The molecule has 0 aliphatic rings. The van der Waals surface area contributed by atoms with E-state index in [1.807, 2.05) is 6.07 Å². The van der Waals surface area contributed by atoms with E-state index in [1.165, 1.54) is 6.21 Å². The topological polar surface area (TPSA) is 59.9 Å². The minimum atomic E-state index is -0.745. The number of halogens is 2. The minimum Gasteiger partial charge on any atom is -0.481 e. The molecule has 26 heavy (non-hydrogen) atoms. The molecule has 0 saturated carbocycles. The summed E-state index contributed by atoms with van der Waals surface area (Å²) in [6.07, 6.45) is 5.93. The van der Waals surface area contributed by atoms with E-state index in [0.717, 1.165) is 4.47 Å². The summed E-state index contributed by atoms with van der Waals surface area (Å²) in [5.41, 5.74) is 3.10. The van der Waals surface area contributed by atoms with Crippen LogP contribution >= 0.6 is 27.5 Å². The number of terminal acetylenes is 1. The van der Waals surface area contributed by atoms with Crippen LogP contribution in [0.1, 0.15) is 12.5 Å². The highest BCUT2D eigenvalue weighted by Crippen LogP contribution is 2.22. The molecule has 0 saturated heterocycles. The van der Waals surface area contributed by atoms with Gasteiger partial charge < -0.3 is 9.47 Å². The van der Waals surface area contributed by atoms with Gasteiger partial charge in [0.2, 0.25) is 0 Å². The third kappa shape index (κ3) is 6.10. The SMILES string of the molecule is C#CCOc1ccc(Br)cc1/C=N\NC(=O)[C@H](C)Oc1cccc(Cl)c1. The summed E-state index contributed by atoms with van der Waals surface area (Å²) in [7, 11) is 0. The van der Waals surface area contributed by atoms with E-state index >= 15 is 0 Å². The van der Waals surface area contributed by atoms with Crippen LogP contribution in [0.25, 0.3) is 0 Å². The Bertz CT molecular complexity index is 849. The van der Waals surface area contributed by atoms with Crippen molar-refractivity contribution in [2.24, 2.45) is 5.10 Å². The molecule has 0 spiro atoms. The number of nitrogens with zero attached hydrogens (tertiary/aromatic N) is 1. The van der Waals surface area contributed by atoms with Crippen LogP contribution < -0.4 is 14.9 Å². The second-order valence-electron chi connectivity index (χ2n) is 5.13. The number of carbonyl (C=O) groups is 1. The zero-order chi connectivity index (χ0) is 18.9. The van der Waals surface area contributed by atoms with Crippen molar-refractivity contribution < 1.29 is 14.3 Å². The van der Waals surface area contributed by atoms with Gasteiger partial charge in [-0.2, -0.15) is 5.10 Å². The number of ether oxygens (including phenoxy) is 2. The fourth-order valence-corrected chi connectivity index (χ4v) is 2.48. The third-order valence-corrected chi connectivity index (χ3v) is 3.87. The predicted octanol–water partition coefficient (Wildman–Crippen LogP) is 4.03. The summed E-state index contributed by atoms with van der Waals surface area (Å²) in [6.45, 7) is 1.76. The van der Waals surface area contributed by atoms with Crippen molar-refractivity contribution >= 4 is 39.7 Å². The Balaban J connectivity index is 1.98. The van der Waals surface area contributed by atoms with E-state index in [4.69, 9.17) is 27.5 Å². The van der Waals surface area contributed by atoms with E-state index in [0.29, 0.717) is 22.1 Å². The maximum Gasteiger partial charge on any atom is 0.280 e. The van der Waals surface area contributed by atoms with Gasteiger partial charge in [0.1, 0.15) is 18.1 Å². The summed E-state index contributed by atoms with van der Waals surface area (Å²) >= 11 is 9.27. The zero-order valence-electron chi connectivity index (χ0n) is 13.9. The van der Waals surface area contributed by atoms with E-state index in [1.54, 1.807) is 43.3 Å². The van der Waals surface area contributed by atoms with Gasteiger partial charge >= 0.3 is 0 Å². The lowest BCUT2D eigenvalue weighted by molar-refractivity contribution is -0.127. The lowest BCUT2D eigenvalue weighted by atomic mass is 10.2. The van der Waals surface area contributed by atoms with Gasteiger partial charge in [-0.3, -0.25) is 4.79 Å². The Morgan fingerprint density at radius 3 is 2.96 bits per heavy atom. The van der Waals surface area contributed by atoms with Crippen LogP contribution in [-0.2, 0) is 4.79 Å². The summed E-state index contributed by atoms with van der Waals surface area (Å²) in [5, 5.41) is 4.48. The number of hydrogen-bond acceptors (Lipinski definition) is 4. The van der Waals surface area contributed by atoms with Gasteiger partial charge in [0.05, 0.1) is 6.21 Å². The Morgan fingerprint density at radius 2 is 2.23 bits per heavy atom. The number of benzene rings is 2. The standard InChI is InChI=1S/C19H16BrClN2O3/c1-3-9-25-18-8-7-15(20)10-14(18)12-22-23-19(24)13(2)26-17-6-4-5-16(21)11-17/h1,4-8,10-13H,9H2,2H3,(H,23,24)/b22-12-/t13-/m0/s1. The van der Waals surface area contributed by atoms with Gasteiger partial charge in [-0.05, 0) is 43.3 Å². The fourth-order valence-electron chi connectivity index (χ4n) is 1.93. The first-order chi connectivity index (χ1) is 12.5. The molecule has 2 aromatic rings. The largest absolute Gasteiger partial charge is 0.481 e. The molecule has 1 amide bonds. The molecule has 0 fully saturated rings. The van der Waals surface area contributed by atoms with Crippen LogP contribution in [0, 0.1) is 12.3 Å². The number of carbonyl (C=O) groups excluding carboxylic acids is 1. The molecular weight excluding hydrogens is 420 g/mol. The van der Waals surface area contributed by atoms with Crippen molar-refractivity contribution in [3.8, 4) is 23.8 Å². The summed E-state index contributed by atoms with van der Waals surface area (Å²) in [6, 6.07) is 12.2. The van der Waals surface area contributed by atoms with Gasteiger partial charge in [0.15, 0.2) is 6.10 Å². The molecule has 0 heterocycles. The van der Waals surface area contributed by atoms with Crippen molar-refractivity contribution in [1.29, 1.82) is 0 Å². The first kappa shape index (κ1) is 19.8. The molecule has 2 aromatic carbocycles. The highest BCUT2D eigenvalue weighted by molar-refractivity contribution is 9.10. The molecule has 2 rings (SSSR count). The van der Waals surface area contributed by atoms with Crippen LogP contribution in [0.5, 0.6) is 11.5 Å². The van der Waals surface area contributed by atoms with E-state index in [-0.39, 0.29) is 6.61 Å². The molecular formula is C19H16BrClN2O3. The molecule has 7 heteroatoms. The number of nitrogens with one attached hydrogen (secondary N) is 1. The highest BCUT2D eigenvalue weighted by atomic mass is 79.9. The second-order valence-corrected chi connectivity index (χ2v) is 6.48. The molecule has 0 aliphatic carbocycles. The van der Waals surface area contributed by atoms with Crippen molar-refractivity contribution in [1.82, 2.24) is 5.43 Å². The molecule has 0 aromatic heterocycles. The quantitative estimate of drug-likeness (QED) is 0.406. The molecule has 0 radical (unpaired) electrons. The molecule has 5 nitrogen and oxygen atoms in total. The first-order valence-electron chi connectivity index (χ1n) is 7.60. The number of amides is 1. The highest BCUT2D eigenvalue weighted by Gasteiger charge is 2.14. The van der Waals surface area contributed by atoms with Crippen LogP contribution in [0.4, 0.5) is 0 Å². The molecule has 0 bridgehead atoms. The van der Waals surface area contributed by atoms with Crippen LogP contribution in [0.3, 0.4) is 0 Å². The van der Waals surface area contributed by atoms with E-state index in [2.05, 4.69) is 32.4 Å². The maximum atomic E-state index is 12.1. The van der Waals surface area contributed by atoms with Crippen LogP contribution in [0.2, 0.25) is 5.02 Å². The van der Waals surface area contributed by atoms with Crippen molar-refractivity contribution in [3.05, 3.63) is 57.5 Å². The molecule has 1 N–H and O–H groups in total. The Hall–Kier alpha value is -2.49. The smallest absolute Gasteiger partial charge is 0.280 e. The molecule has 1 atom stereocenters. The van der Waals surface area contributed by atoms with Gasteiger partial charge in [-0.25, -0.2) is 5.43 Å². The Morgan fingerprint density at radius 1 is 1.42 bits per heavy atom. The zero-order valence-corrected chi connectivity index (χ0v) is 16.3. The van der Waals surface area contributed by atoms with Gasteiger partial charge in [-0.15, -0.1) is 6.42 Å². The second kappa shape index (κ2) is 9.85. The minimum absolute atomic E-state index is 0.138. The Labute approximate surface area is 165 Å². The predicted molar refractivity (Wildman–Crippen MR) is 106 cm³/mol. The first-order valence-corrected chi connectivity index (χ1v) is 8.77. The molecule has 0 aliphatic heterocycles. The number of hydrogen-bond donors (Lipinski definition) is 1. The van der Waals surface area contributed by atoms with Gasteiger partial charge in [0, 0.05) is 15.1 Å². The molecule has 0 unspecified atom stereocenters. The average molecular weight is 436 g/mol. The fraction of sp³-hybridized carbons (Fsp3) is 0.158. The Kier molecular flexibility index (Phi) is 7.52. The van der Waals surface area contributed by atoms with E-state index < -0.39 is 12.0 Å². The van der Waals surface area contributed by atoms with Crippen LogP contribution in [-0.4, -0.2) is 24.8 Å². The van der Waals surface area contributed by atoms with Gasteiger partial charge in [0.25, 0.3) is 5.91 Å². The van der Waals surface area contributed by atoms with E-state index in [9.17, 15) is 4.79 Å². The normalized spacial score (nSPS) is 11.6. The summed E-state index contributed by atoms with van der Waals surface area (Å²) < 4.78 is 11.8. The summed E-state index contributed by atoms with van der Waals surface area (Å²) in [5.74, 6) is 3.06. The lowest BCUT2D eigenvalue weighted by Gasteiger charge is -2.13. The average Bonchev–Trinajstić information content (AvgIpc) is 2.61. The maximum absolute atomic E-state index is 12.1. The third-order valence-electron chi connectivity index (χ3n) is 3.14. The van der Waals surface area contributed by atoms with Crippen molar-refractivity contribution in [2.75, 3.05) is 6.61 Å².